The van der Waals surface area contributed by atoms with Crippen LogP contribution in [-0.2, 0) is 10.8 Å². The van der Waals surface area contributed by atoms with Gasteiger partial charge >= 0.3 is 0 Å². The van der Waals surface area contributed by atoms with E-state index in [1.807, 2.05) is 18.2 Å². The number of benzene rings is 8. The summed E-state index contributed by atoms with van der Waals surface area (Å²) in [6.45, 7) is 15.7. The minimum absolute atomic E-state index is 0.0287. The third kappa shape index (κ3) is 5.38. The highest BCUT2D eigenvalue weighted by molar-refractivity contribution is 6.13. The second-order valence-electron chi connectivity index (χ2n) is 17.0. The quantitative estimate of drug-likeness (QED) is 0.176. The summed E-state index contributed by atoms with van der Waals surface area (Å²) in [6, 6.07) is 33.9. The summed E-state index contributed by atoms with van der Waals surface area (Å²) >= 11 is 0. The van der Waals surface area contributed by atoms with E-state index in [-0.39, 0.29) is 56.8 Å². The van der Waals surface area contributed by atoms with Crippen LogP contribution in [0.5, 0.6) is 0 Å². The Morgan fingerprint density at radius 2 is 1.02 bits per heavy atom. The largest absolute Gasteiger partial charge is 0.310 e. The highest BCUT2D eigenvalue weighted by Crippen LogP contribution is 2.51. The summed E-state index contributed by atoms with van der Waals surface area (Å²) in [5.74, 6) is 0. The van der Waals surface area contributed by atoms with Gasteiger partial charge in [-0.2, -0.15) is 0 Å². The Morgan fingerprint density at radius 1 is 0.491 bits per heavy atom. The van der Waals surface area contributed by atoms with Crippen molar-refractivity contribution in [2.45, 2.75) is 59.3 Å². The van der Waals surface area contributed by atoms with Gasteiger partial charge in [0.05, 0.1) is 22.0 Å². The molecule has 0 fully saturated rings. The summed E-state index contributed by atoms with van der Waals surface area (Å²) in [5.41, 5.74) is 12.2. The first-order valence-electron chi connectivity index (χ1n) is 22.9. The van der Waals surface area contributed by atoms with Gasteiger partial charge < -0.3 is 9.47 Å². The number of para-hydroxylation sites is 2. The van der Waals surface area contributed by atoms with E-state index in [4.69, 9.17) is 11.0 Å². The molecule has 0 radical (unpaired) electrons. The first-order chi connectivity index (χ1) is 29.7. The molecule has 0 unspecified atom stereocenters. The van der Waals surface area contributed by atoms with Crippen molar-refractivity contribution in [3.05, 3.63) is 168 Å². The standard InChI is InChI=1S/C53H46N2/c1-33-19-22-39(53(5,6)7)32-51(33)54(40-14-12-13-38(31-40)52(2,3)4)41-23-20-34-27-45-46-28-35-21-24-42(26-37(35)30-48(46)47(45)29-36(34)25-41)55-49-17-10-8-15-43(49)44-16-9-11-18-50(44)55/h8-32H,1-7H3/i8D,9D,10D,11D,15D,16D,17D,18D. The molecule has 9 aromatic rings. The minimum atomic E-state index is -0.456. The Bertz CT molecular complexity index is 3400. The zero-order chi connectivity index (χ0) is 44.8. The summed E-state index contributed by atoms with van der Waals surface area (Å²) in [4.78, 5) is 2.39. The van der Waals surface area contributed by atoms with Crippen molar-refractivity contribution in [1.82, 2.24) is 4.57 Å². The lowest BCUT2D eigenvalue weighted by Gasteiger charge is -2.31. The fourth-order valence-corrected chi connectivity index (χ4v) is 8.21. The van der Waals surface area contributed by atoms with Gasteiger partial charge in [-0.25, -0.2) is 0 Å². The van der Waals surface area contributed by atoms with Crippen LogP contribution in [0.4, 0.5) is 17.1 Å². The van der Waals surface area contributed by atoms with E-state index >= 15 is 0 Å². The number of rotatable bonds is 4. The van der Waals surface area contributed by atoms with E-state index in [9.17, 15) is 0 Å². The number of anilines is 3. The molecular weight excluding hydrogens is 665 g/mol. The normalized spacial score (nSPS) is 14.7. The van der Waals surface area contributed by atoms with Crippen LogP contribution in [0.3, 0.4) is 0 Å². The van der Waals surface area contributed by atoms with E-state index in [2.05, 4.69) is 138 Å². The van der Waals surface area contributed by atoms with Gasteiger partial charge in [0, 0.05) is 33.5 Å². The molecule has 2 heteroatoms. The smallest absolute Gasteiger partial charge is 0.0645 e. The van der Waals surface area contributed by atoms with E-state index in [1.165, 1.54) is 22.3 Å². The number of fused-ring (bicyclic) bond motifs is 9. The highest BCUT2D eigenvalue weighted by Gasteiger charge is 2.26. The van der Waals surface area contributed by atoms with E-state index in [1.54, 1.807) is 4.57 Å². The van der Waals surface area contributed by atoms with Crippen molar-refractivity contribution in [1.29, 1.82) is 0 Å². The first kappa shape index (κ1) is 25.8. The zero-order valence-corrected chi connectivity index (χ0v) is 32.2. The number of aryl methyl sites for hydroxylation is 1. The minimum Gasteiger partial charge on any atom is -0.310 e. The maximum atomic E-state index is 8.96. The van der Waals surface area contributed by atoms with Gasteiger partial charge in [0.1, 0.15) is 0 Å². The zero-order valence-electron chi connectivity index (χ0n) is 40.2. The second kappa shape index (κ2) is 11.9. The summed E-state index contributed by atoms with van der Waals surface area (Å²) < 4.78 is 71.0. The SMILES string of the molecule is [2H]c1c([2H])c([2H])c2c(c1[2H])c1c([2H])c([2H])c([2H])c([2H])c1n2-c1ccc2cc3c(cc2c1)-c1cc2cc(N(c4cccc(C(C)(C)C)c4)c4cc(C(C)(C)C)ccc4C)ccc2cc1-3. The molecule has 1 heterocycles. The molecule has 8 aromatic carbocycles. The van der Waals surface area contributed by atoms with Crippen LogP contribution in [0, 0.1) is 6.92 Å². The fourth-order valence-electron chi connectivity index (χ4n) is 8.21. The molecule has 0 saturated carbocycles. The van der Waals surface area contributed by atoms with Crippen LogP contribution in [0.25, 0.3) is 71.3 Å². The molecule has 2 nitrogen and oxygen atoms in total. The van der Waals surface area contributed by atoms with Gasteiger partial charge in [-0.1, -0.05) is 114 Å². The van der Waals surface area contributed by atoms with Gasteiger partial charge in [0.2, 0.25) is 0 Å². The van der Waals surface area contributed by atoms with Crippen molar-refractivity contribution in [3.63, 3.8) is 0 Å². The average molecular weight is 719 g/mol. The molecule has 1 aliphatic rings. The van der Waals surface area contributed by atoms with Crippen molar-refractivity contribution in [3.8, 4) is 27.9 Å². The molecule has 0 atom stereocenters. The van der Waals surface area contributed by atoms with Crippen molar-refractivity contribution in [2.75, 3.05) is 4.90 Å². The third-order valence-corrected chi connectivity index (χ3v) is 11.3. The number of hydrogen-bond donors (Lipinski definition) is 0. The van der Waals surface area contributed by atoms with Gasteiger partial charge in [0.15, 0.2) is 0 Å². The maximum Gasteiger partial charge on any atom is 0.0645 e. The first-order valence-corrected chi connectivity index (χ1v) is 18.9. The van der Waals surface area contributed by atoms with E-state index in [0.717, 1.165) is 55.3 Å². The van der Waals surface area contributed by atoms with Crippen LogP contribution in [-0.4, -0.2) is 4.57 Å². The summed E-state index contributed by atoms with van der Waals surface area (Å²) in [5, 5.41) is 4.25. The molecule has 0 N–H and O–H groups in total. The number of aromatic nitrogens is 1. The molecule has 10 rings (SSSR count). The maximum absolute atomic E-state index is 8.96. The van der Waals surface area contributed by atoms with Crippen LogP contribution < -0.4 is 4.90 Å². The van der Waals surface area contributed by atoms with Gasteiger partial charge in [-0.15, -0.1) is 0 Å². The van der Waals surface area contributed by atoms with Crippen LogP contribution in [0.15, 0.2) is 151 Å². The van der Waals surface area contributed by atoms with E-state index in [0.29, 0.717) is 5.69 Å². The Balaban J connectivity index is 1.13. The Morgan fingerprint density at radius 3 is 1.64 bits per heavy atom. The van der Waals surface area contributed by atoms with E-state index < -0.39 is 24.2 Å². The topological polar surface area (TPSA) is 8.17 Å². The number of hydrogen-bond acceptors (Lipinski definition) is 1. The lowest BCUT2D eigenvalue weighted by atomic mass is 9.78. The van der Waals surface area contributed by atoms with Crippen LogP contribution in [0.2, 0.25) is 0 Å². The second-order valence-corrected chi connectivity index (χ2v) is 17.0. The van der Waals surface area contributed by atoms with Crippen LogP contribution >= 0.6 is 0 Å². The third-order valence-electron chi connectivity index (χ3n) is 11.3. The molecular formula is C53H46N2. The average Bonchev–Trinajstić information content (AvgIpc) is 3.61. The molecule has 1 aromatic heterocycles. The highest BCUT2D eigenvalue weighted by atomic mass is 15.1. The molecule has 268 valence electrons. The van der Waals surface area contributed by atoms with Gasteiger partial charge in [-0.05, 0) is 157 Å². The lowest BCUT2D eigenvalue weighted by molar-refractivity contribution is 0.590. The monoisotopic (exact) mass is 718 g/mol. The molecule has 55 heavy (non-hydrogen) atoms. The molecule has 0 bridgehead atoms. The molecule has 0 amide bonds. The predicted molar refractivity (Wildman–Crippen MR) is 237 cm³/mol. The Kier molecular flexibility index (Phi) is 5.60. The van der Waals surface area contributed by atoms with Crippen molar-refractivity contribution < 1.29 is 11.0 Å². The van der Waals surface area contributed by atoms with Crippen molar-refractivity contribution >= 4 is 60.4 Å². The lowest BCUT2D eigenvalue weighted by Crippen LogP contribution is -2.17. The predicted octanol–water partition coefficient (Wildman–Crippen LogP) is 15.1. The summed E-state index contributed by atoms with van der Waals surface area (Å²) in [7, 11) is 0. The van der Waals surface area contributed by atoms with Crippen molar-refractivity contribution in [2.24, 2.45) is 0 Å². The molecule has 0 spiro atoms. The van der Waals surface area contributed by atoms with Crippen LogP contribution in [0.1, 0.15) is 69.2 Å². The fraction of sp³-hybridized carbons (Fsp3) is 0.170. The number of nitrogens with zero attached hydrogens (tertiary/aromatic N) is 2. The Hall–Kier alpha value is -6.12. The Labute approximate surface area is 335 Å². The summed E-state index contributed by atoms with van der Waals surface area (Å²) in [6.07, 6.45) is 0. The molecule has 0 saturated heterocycles. The van der Waals surface area contributed by atoms with Gasteiger partial charge in [-0.3, -0.25) is 0 Å². The van der Waals surface area contributed by atoms with Gasteiger partial charge in [0.25, 0.3) is 0 Å². The molecule has 1 aliphatic carbocycles. The molecule has 0 aliphatic heterocycles.